The SMILES string of the molecule is Cc1ccc(C(=O)CC(C)(C)CN)cc1C. The Balaban J connectivity index is 2.85. The number of benzene rings is 1. The highest BCUT2D eigenvalue weighted by Crippen LogP contribution is 2.22. The Morgan fingerprint density at radius 2 is 1.88 bits per heavy atom. The fourth-order valence-corrected chi connectivity index (χ4v) is 1.52. The number of Topliss-reactive ketones (excluding diaryl/α,β-unsaturated/α-hetero) is 1. The van der Waals surface area contributed by atoms with E-state index < -0.39 is 0 Å². The molecule has 0 radical (unpaired) electrons. The van der Waals surface area contributed by atoms with Gasteiger partial charge in [0.1, 0.15) is 0 Å². The third kappa shape index (κ3) is 3.17. The van der Waals surface area contributed by atoms with Crippen molar-refractivity contribution in [1.82, 2.24) is 0 Å². The van der Waals surface area contributed by atoms with E-state index >= 15 is 0 Å². The largest absolute Gasteiger partial charge is 0.330 e. The van der Waals surface area contributed by atoms with Gasteiger partial charge in [-0.05, 0) is 43.0 Å². The van der Waals surface area contributed by atoms with Gasteiger partial charge in [0.05, 0.1) is 0 Å². The van der Waals surface area contributed by atoms with E-state index in [2.05, 4.69) is 0 Å². The lowest BCUT2D eigenvalue weighted by Gasteiger charge is -2.21. The number of carbonyl (C=O) groups is 1. The van der Waals surface area contributed by atoms with Gasteiger partial charge in [0.2, 0.25) is 0 Å². The maximum atomic E-state index is 12.0. The fraction of sp³-hybridized carbons (Fsp3) is 0.500. The minimum Gasteiger partial charge on any atom is -0.330 e. The van der Waals surface area contributed by atoms with Gasteiger partial charge in [0.15, 0.2) is 5.78 Å². The highest BCUT2D eigenvalue weighted by atomic mass is 16.1. The Bertz CT molecular complexity index is 394. The van der Waals surface area contributed by atoms with Crippen molar-refractivity contribution in [3.8, 4) is 0 Å². The standard InChI is InChI=1S/C14H21NO/c1-10-5-6-12(7-11(10)2)13(16)8-14(3,4)9-15/h5-7H,8-9,15H2,1-4H3. The topological polar surface area (TPSA) is 43.1 Å². The molecule has 1 rings (SSSR count). The molecular formula is C14H21NO. The van der Waals surface area contributed by atoms with E-state index in [9.17, 15) is 4.79 Å². The summed E-state index contributed by atoms with van der Waals surface area (Å²) < 4.78 is 0. The molecule has 0 saturated carbocycles. The first kappa shape index (κ1) is 12.9. The maximum absolute atomic E-state index is 12.0. The lowest BCUT2D eigenvalue weighted by molar-refractivity contribution is 0.0935. The second-order valence-corrected chi connectivity index (χ2v) is 5.27. The zero-order valence-corrected chi connectivity index (χ0v) is 10.6. The van der Waals surface area contributed by atoms with Crippen LogP contribution in [0.2, 0.25) is 0 Å². The third-order valence-electron chi connectivity index (χ3n) is 3.02. The van der Waals surface area contributed by atoms with E-state index in [-0.39, 0.29) is 11.2 Å². The van der Waals surface area contributed by atoms with Crippen LogP contribution in [-0.2, 0) is 0 Å². The molecule has 0 atom stereocenters. The molecule has 0 heterocycles. The molecule has 1 aromatic carbocycles. The van der Waals surface area contributed by atoms with Crippen LogP contribution in [0, 0.1) is 19.3 Å². The number of hydrogen-bond donors (Lipinski definition) is 1. The lowest BCUT2D eigenvalue weighted by Crippen LogP contribution is -2.26. The monoisotopic (exact) mass is 219 g/mol. The number of hydrogen-bond acceptors (Lipinski definition) is 2. The van der Waals surface area contributed by atoms with E-state index in [1.54, 1.807) is 0 Å². The number of carbonyl (C=O) groups excluding carboxylic acids is 1. The molecule has 0 aliphatic rings. The van der Waals surface area contributed by atoms with Crippen molar-refractivity contribution in [2.75, 3.05) is 6.54 Å². The van der Waals surface area contributed by atoms with Crippen LogP contribution in [0.5, 0.6) is 0 Å². The lowest BCUT2D eigenvalue weighted by atomic mass is 9.85. The van der Waals surface area contributed by atoms with Gasteiger partial charge in [-0.3, -0.25) is 4.79 Å². The van der Waals surface area contributed by atoms with Gasteiger partial charge in [-0.1, -0.05) is 26.0 Å². The third-order valence-corrected chi connectivity index (χ3v) is 3.02. The van der Waals surface area contributed by atoms with E-state index in [0.29, 0.717) is 13.0 Å². The first-order valence-electron chi connectivity index (χ1n) is 5.66. The molecule has 1 aromatic rings. The Morgan fingerprint density at radius 3 is 2.38 bits per heavy atom. The molecule has 0 aliphatic carbocycles. The minimum atomic E-state index is -0.115. The molecular weight excluding hydrogens is 198 g/mol. The summed E-state index contributed by atoms with van der Waals surface area (Å²) >= 11 is 0. The molecule has 2 heteroatoms. The molecule has 0 unspecified atom stereocenters. The summed E-state index contributed by atoms with van der Waals surface area (Å²) in [5.74, 6) is 0.179. The van der Waals surface area contributed by atoms with Crippen molar-refractivity contribution in [2.45, 2.75) is 34.1 Å². The van der Waals surface area contributed by atoms with Gasteiger partial charge in [-0.2, -0.15) is 0 Å². The summed E-state index contributed by atoms with van der Waals surface area (Å²) in [6.07, 6.45) is 0.506. The molecule has 0 fully saturated rings. The van der Waals surface area contributed by atoms with Gasteiger partial charge in [-0.15, -0.1) is 0 Å². The van der Waals surface area contributed by atoms with Crippen LogP contribution < -0.4 is 5.73 Å². The molecule has 88 valence electrons. The van der Waals surface area contributed by atoms with E-state index in [1.807, 2.05) is 45.9 Å². The van der Waals surface area contributed by atoms with Crippen molar-refractivity contribution >= 4 is 5.78 Å². The van der Waals surface area contributed by atoms with E-state index in [1.165, 1.54) is 5.56 Å². The van der Waals surface area contributed by atoms with Gasteiger partial charge in [0.25, 0.3) is 0 Å². The predicted molar refractivity (Wildman–Crippen MR) is 67.7 cm³/mol. The van der Waals surface area contributed by atoms with Gasteiger partial charge >= 0.3 is 0 Å². The summed E-state index contributed by atoms with van der Waals surface area (Å²) in [4.78, 5) is 12.0. The Kier molecular flexibility index (Phi) is 3.87. The van der Waals surface area contributed by atoms with Crippen LogP contribution in [0.15, 0.2) is 18.2 Å². The molecule has 0 bridgehead atoms. The Hall–Kier alpha value is -1.15. The van der Waals surface area contributed by atoms with E-state index in [4.69, 9.17) is 5.73 Å². The van der Waals surface area contributed by atoms with Crippen LogP contribution in [0.4, 0.5) is 0 Å². The Morgan fingerprint density at radius 1 is 1.25 bits per heavy atom. The highest BCUT2D eigenvalue weighted by molar-refractivity contribution is 5.96. The number of ketones is 1. The smallest absolute Gasteiger partial charge is 0.163 e. The van der Waals surface area contributed by atoms with Crippen molar-refractivity contribution in [1.29, 1.82) is 0 Å². The molecule has 0 aliphatic heterocycles. The van der Waals surface area contributed by atoms with Crippen LogP contribution in [0.25, 0.3) is 0 Å². The number of aryl methyl sites for hydroxylation is 2. The molecule has 0 amide bonds. The fourth-order valence-electron chi connectivity index (χ4n) is 1.52. The zero-order valence-electron chi connectivity index (χ0n) is 10.6. The van der Waals surface area contributed by atoms with Gasteiger partial charge in [-0.25, -0.2) is 0 Å². The summed E-state index contributed by atoms with van der Waals surface area (Å²) in [6, 6.07) is 5.86. The highest BCUT2D eigenvalue weighted by Gasteiger charge is 2.21. The Labute approximate surface area is 97.9 Å². The maximum Gasteiger partial charge on any atom is 0.163 e. The minimum absolute atomic E-state index is 0.115. The normalized spacial score (nSPS) is 11.6. The molecule has 0 spiro atoms. The first-order valence-corrected chi connectivity index (χ1v) is 5.66. The second kappa shape index (κ2) is 4.79. The van der Waals surface area contributed by atoms with Crippen LogP contribution in [-0.4, -0.2) is 12.3 Å². The van der Waals surface area contributed by atoms with Crippen molar-refractivity contribution in [3.63, 3.8) is 0 Å². The zero-order chi connectivity index (χ0) is 12.3. The molecule has 2 N–H and O–H groups in total. The summed E-state index contributed by atoms with van der Waals surface area (Å²) in [5.41, 5.74) is 8.70. The van der Waals surface area contributed by atoms with Crippen molar-refractivity contribution in [3.05, 3.63) is 34.9 Å². The summed E-state index contributed by atoms with van der Waals surface area (Å²) in [7, 11) is 0. The van der Waals surface area contributed by atoms with Gasteiger partial charge in [0, 0.05) is 12.0 Å². The van der Waals surface area contributed by atoms with Crippen molar-refractivity contribution in [2.24, 2.45) is 11.1 Å². The molecule has 0 aromatic heterocycles. The molecule has 16 heavy (non-hydrogen) atoms. The van der Waals surface area contributed by atoms with Gasteiger partial charge < -0.3 is 5.73 Å². The van der Waals surface area contributed by atoms with Crippen LogP contribution in [0.3, 0.4) is 0 Å². The van der Waals surface area contributed by atoms with E-state index in [0.717, 1.165) is 11.1 Å². The molecule has 0 saturated heterocycles. The molecule has 2 nitrogen and oxygen atoms in total. The quantitative estimate of drug-likeness (QED) is 0.791. The van der Waals surface area contributed by atoms with Crippen molar-refractivity contribution < 1.29 is 4.79 Å². The second-order valence-electron chi connectivity index (χ2n) is 5.27. The summed E-state index contributed by atoms with van der Waals surface area (Å²) in [5, 5.41) is 0. The average Bonchev–Trinajstić information content (AvgIpc) is 2.21. The first-order chi connectivity index (χ1) is 7.35. The van der Waals surface area contributed by atoms with Crippen LogP contribution in [0.1, 0.15) is 41.8 Å². The number of nitrogens with two attached hydrogens (primary N) is 1. The number of rotatable bonds is 4. The average molecular weight is 219 g/mol. The van der Waals surface area contributed by atoms with Crippen LogP contribution >= 0.6 is 0 Å². The summed E-state index contributed by atoms with van der Waals surface area (Å²) in [6.45, 7) is 8.65. The predicted octanol–water partition coefficient (Wildman–Crippen LogP) is 2.86.